The van der Waals surface area contributed by atoms with E-state index in [0.717, 1.165) is 6.42 Å². The van der Waals surface area contributed by atoms with Crippen molar-refractivity contribution in [2.75, 3.05) is 13.2 Å². The van der Waals surface area contributed by atoms with Crippen LogP contribution in [-0.4, -0.2) is 45.1 Å². The van der Waals surface area contributed by atoms with E-state index in [1.165, 1.54) is 4.90 Å². The van der Waals surface area contributed by atoms with Gasteiger partial charge in [-0.05, 0) is 5.92 Å². The van der Waals surface area contributed by atoms with Crippen molar-refractivity contribution in [1.29, 1.82) is 0 Å². The SMILES string of the molecule is CC[C@H](C)[C@H](N)C(=O)N(CCO)Cc1ncc[nH]1.Cl.Cl. The molecule has 0 saturated heterocycles. The number of aliphatic hydroxyl groups excluding tert-OH is 1. The number of nitrogens with zero attached hydrogens (tertiary/aromatic N) is 2. The number of nitrogens with two attached hydrogens (primary N) is 1. The number of carbonyl (C=O) groups excluding carboxylic acids is 1. The maximum Gasteiger partial charge on any atom is 0.240 e. The molecule has 1 aromatic heterocycles. The Bertz CT molecular complexity index is 362. The molecule has 0 aliphatic rings. The number of hydrogen-bond acceptors (Lipinski definition) is 4. The van der Waals surface area contributed by atoms with Crippen LogP contribution in [-0.2, 0) is 11.3 Å². The molecule has 6 nitrogen and oxygen atoms in total. The summed E-state index contributed by atoms with van der Waals surface area (Å²) in [6, 6.07) is -0.531. The highest BCUT2D eigenvalue weighted by atomic mass is 35.5. The fourth-order valence-electron chi connectivity index (χ4n) is 1.66. The van der Waals surface area contributed by atoms with E-state index in [1.807, 2.05) is 13.8 Å². The third-order valence-electron chi connectivity index (χ3n) is 3.12. The number of carbonyl (C=O) groups is 1. The fraction of sp³-hybridized carbons (Fsp3) is 0.667. The van der Waals surface area contributed by atoms with Crippen molar-refractivity contribution in [2.24, 2.45) is 11.7 Å². The largest absolute Gasteiger partial charge is 0.395 e. The van der Waals surface area contributed by atoms with E-state index in [-0.39, 0.29) is 49.8 Å². The molecule has 1 rings (SSSR count). The monoisotopic (exact) mass is 326 g/mol. The second-order valence-electron chi connectivity index (χ2n) is 4.43. The Labute approximate surface area is 132 Å². The number of aromatic nitrogens is 2. The van der Waals surface area contributed by atoms with E-state index in [4.69, 9.17) is 10.8 Å². The molecule has 0 bridgehead atoms. The first-order valence-corrected chi connectivity index (χ1v) is 6.23. The van der Waals surface area contributed by atoms with Crippen molar-refractivity contribution >= 4 is 30.7 Å². The summed E-state index contributed by atoms with van der Waals surface area (Å²) in [7, 11) is 0. The molecule has 0 aliphatic carbocycles. The van der Waals surface area contributed by atoms with Gasteiger partial charge in [-0.3, -0.25) is 4.79 Å². The van der Waals surface area contributed by atoms with Gasteiger partial charge in [-0.2, -0.15) is 0 Å². The summed E-state index contributed by atoms with van der Waals surface area (Å²) >= 11 is 0. The highest BCUT2D eigenvalue weighted by molar-refractivity contribution is 5.85. The van der Waals surface area contributed by atoms with Crippen LogP contribution >= 0.6 is 24.8 Å². The van der Waals surface area contributed by atoms with Crippen LogP contribution in [0.1, 0.15) is 26.1 Å². The van der Waals surface area contributed by atoms with Gasteiger partial charge in [-0.15, -0.1) is 24.8 Å². The summed E-state index contributed by atoms with van der Waals surface area (Å²) in [5.41, 5.74) is 5.93. The van der Waals surface area contributed by atoms with Gasteiger partial charge in [0.05, 0.1) is 19.2 Å². The van der Waals surface area contributed by atoms with Crippen molar-refractivity contribution in [2.45, 2.75) is 32.9 Å². The average Bonchev–Trinajstić information content (AvgIpc) is 2.88. The summed E-state index contributed by atoms with van der Waals surface area (Å²) in [6.45, 7) is 4.48. The zero-order valence-electron chi connectivity index (χ0n) is 11.8. The maximum atomic E-state index is 12.2. The van der Waals surface area contributed by atoms with Crippen LogP contribution < -0.4 is 5.73 Å². The average molecular weight is 327 g/mol. The predicted molar refractivity (Wildman–Crippen MR) is 83.0 cm³/mol. The lowest BCUT2D eigenvalue weighted by molar-refractivity contribution is -0.135. The van der Waals surface area contributed by atoms with Gasteiger partial charge in [0.25, 0.3) is 0 Å². The van der Waals surface area contributed by atoms with Crippen LogP contribution in [0.3, 0.4) is 0 Å². The number of halogens is 2. The molecule has 1 amide bonds. The third-order valence-corrected chi connectivity index (χ3v) is 3.12. The molecule has 0 radical (unpaired) electrons. The highest BCUT2D eigenvalue weighted by Gasteiger charge is 2.25. The first-order chi connectivity index (χ1) is 8.60. The quantitative estimate of drug-likeness (QED) is 0.695. The molecule has 0 spiro atoms. The van der Waals surface area contributed by atoms with Crippen LogP contribution in [0.5, 0.6) is 0 Å². The fourth-order valence-corrected chi connectivity index (χ4v) is 1.66. The standard InChI is InChI=1S/C12H22N4O2.2ClH/c1-3-9(2)11(13)12(18)16(6-7-17)8-10-14-4-5-15-10;;/h4-5,9,11,17H,3,6-8,13H2,1-2H3,(H,14,15);2*1H/t9-,11-;;/m0../s1. The Morgan fingerprint density at radius 2 is 2.20 bits per heavy atom. The van der Waals surface area contributed by atoms with Crippen LogP contribution in [0.25, 0.3) is 0 Å². The van der Waals surface area contributed by atoms with Crippen LogP contribution in [0.4, 0.5) is 0 Å². The number of aliphatic hydroxyl groups is 1. The van der Waals surface area contributed by atoms with Gasteiger partial charge in [0.1, 0.15) is 5.82 Å². The molecular formula is C12H24Cl2N4O2. The Morgan fingerprint density at radius 1 is 1.55 bits per heavy atom. The van der Waals surface area contributed by atoms with Crippen molar-refractivity contribution in [3.05, 3.63) is 18.2 Å². The molecule has 4 N–H and O–H groups in total. The summed E-state index contributed by atoms with van der Waals surface area (Å²) in [4.78, 5) is 20.8. The third kappa shape index (κ3) is 6.09. The van der Waals surface area contributed by atoms with Crippen LogP contribution in [0.2, 0.25) is 0 Å². The van der Waals surface area contributed by atoms with E-state index in [1.54, 1.807) is 12.4 Å². The van der Waals surface area contributed by atoms with Crippen molar-refractivity contribution in [1.82, 2.24) is 14.9 Å². The Balaban J connectivity index is 0. The number of nitrogens with one attached hydrogen (secondary N) is 1. The number of aromatic amines is 1. The number of hydrogen-bond donors (Lipinski definition) is 3. The predicted octanol–water partition coefficient (Wildman–Crippen LogP) is 0.948. The summed E-state index contributed by atoms with van der Waals surface area (Å²) in [6.07, 6.45) is 4.18. The molecule has 118 valence electrons. The summed E-state index contributed by atoms with van der Waals surface area (Å²) < 4.78 is 0. The molecule has 0 unspecified atom stereocenters. The lowest BCUT2D eigenvalue weighted by Gasteiger charge is -2.26. The van der Waals surface area contributed by atoms with Crippen LogP contribution in [0.15, 0.2) is 12.4 Å². The highest BCUT2D eigenvalue weighted by Crippen LogP contribution is 2.10. The lowest BCUT2D eigenvalue weighted by atomic mass is 9.99. The smallest absolute Gasteiger partial charge is 0.240 e. The molecule has 0 saturated carbocycles. The lowest BCUT2D eigenvalue weighted by Crippen LogP contribution is -2.47. The maximum absolute atomic E-state index is 12.2. The molecule has 0 fully saturated rings. The number of amides is 1. The Morgan fingerprint density at radius 3 is 2.65 bits per heavy atom. The van der Waals surface area contributed by atoms with Gasteiger partial charge in [-0.1, -0.05) is 20.3 Å². The first kappa shape index (κ1) is 21.5. The first-order valence-electron chi connectivity index (χ1n) is 6.23. The zero-order chi connectivity index (χ0) is 13.5. The number of rotatable bonds is 7. The molecule has 8 heteroatoms. The molecule has 1 aromatic rings. The minimum Gasteiger partial charge on any atom is -0.395 e. The van der Waals surface area contributed by atoms with Gasteiger partial charge in [0.2, 0.25) is 5.91 Å². The molecule has 0 aromatic carbocycles. The molecular weight excluding hydrogens is 303 g/mol. The number of imidazole rings is 1. The molecule has 1 heterocycles. The normalized spacial score (nSPS) is 12.8. The van der Waals surface area contributed by atoms with E-state index in [9.17, 15) is 4.79 Å². The zero-order valence-corrected chi connectivity index (χ0v) is 13.4. The van der Waals surface area contributed by atoms with Crippen molar-refractivity contribution < 1.29 is 9.90 Å². The molecule has 20 heavy (non-hydrogen) atoms. The van der Waals surface area contributed by atoms with E-state index >= 15 is 0 Å². The van der Waals surface area contributed by atoms with Crippen molar-refractivity contribution in [3.63, 3.8) is 0 Å². The number of H-pyrrole nitrogens is 1. The van der Waals surface area contributed by atoms with E-state index in [0.29, 0.717) is 12.4 Å². The van der Waals surface area contributed by atoms with Crippen molar-refractivity contribution in [3.8, 4) is 0 Å². The van der Waals surface area contributed by atoms with Crippen LogP contribution in [0, 0.1) is 5.92 Å². The topological polar surface area (TPSA) is 95.2 Å². The summed E-state index contributed by atoms with van der Waals surface area (Å²) in [5, 5.41) is 9.03. The van der Waals surface area contributed by atoms with Gasteiger partial charge >= 0.3 is 0 Å². The Hall–Kier alpha value is -0.820. The van der Waals surface area contributed by atoms with Gasteiger partial charge < -0.3 is 20.7 Å². The van der Waals surface area contributed by atoms with E-state index < -0.39 is 6.04 Å². The minimum atomic E-state index is -0.531. The summed E-state index contributed by atoms with van der Waals surface area (Å²) in [5.74, 6) is 0.665. The second kappa shape index (κ2) is 10.9. The molecule has 0 aliphatic heterocycles. The Kier molecular flexibility index (Phi) is 11.7. The van der Waals surface area contributed by atoms with E-state index in [2.05, 4.69) is 9.97 Å². The van der Waals surface area contributed by atoms with Gasteiger partial charge in [0.15, 0.2) is 0 Å². The van der Waals surface area contributed by atoms with Gasteiger partial charge in [-0.25, -0.2) is 4.98 Å². The second-order valence-corrected chi connectivity index (χ2v) is 4.43. The molecule has 2 atom stereocenters. The minimum absolute atomic E-state index is 0. The van der Waals surface area contributed by atoms with Gasteiger partial charge in [0, 0.05) is 18.9 Å².